The van der Waals surface area contributed by atoms with Gasteiger partial charge in [0.25, 0.3) is 5.78 Å². The molecule has 0 aliphatic heterocycles. The van der Waals surface area contributed by atoms with Gasteiger partial charge in [0.15, 0.2) is 0 Å². The van der Waals surface area contributed by atoms with Crippen molar-refractivity contribution in [2.45, 2.75) is 0 Å². The van der Waals surface area contributed by atoms with Crippen LogP contribution in [0, 0.1) is 0 Å². The first kappa shape index (κ1) is 11.0. The standard InChI is InChI=1S/C16H8N2O2/c19-13-6-5-11-14-12(8-18-15(11)16(13)20)10-4-2-1-3-9(10)7-17-14/h1-8H. The number of rotatable bonds is 0. The van der Waals surface area contributed by atoms with Crippen molar-refractivity contribution in [1.82, 2.24) is 9.97 Å². The predicted octanol–water partition coefficient (Wildman–Crippen LogP) is 2.56. The first-order valence-electron chi connectivity index (χ1n) is 6.19. The molecule has 0 N–H and O–H groups in total. The van der Waals surface area contributed by atoms with E-state index in [1.165, 1.54) is 6.08 Å². The van der Waals surface area contributed by atoms with Crippen molar-refractivity contribution in [1.29, 1.82) is 0 Å². The van der Waals surface area contributed by atoms with Crippen LogP contribution >= 0.6 is 0 Å². The number of carbonyl (C=O) groups is 2. The van der Waals surface area contributed by atoms with Crippen molar-refractivity contribution in [3.63, 3.8) is 0 Å². The third kappa shape index (κ3) is 1.36. The third-order valence-corrected chi connectivity index (χ3v) is 3.51. The normalized spacial score (nSPS) is 14.0. The summed E-state index contributed by atoms with van der Waals surface area (Å²) in [5.41, 5.74) is 1.51. The molecule has 0 saturated carbocycles. The van der Waals surface area contributed by atoms with Crippen LogP contribution in [0.25, 0.3) is 27.8 Å². The highest BCUT2D eigenvalue weighted by molar-refractivity contribution is 6.50. The van der Waals surface area contributed by atoms with Gasteiger partial charge in [-0.15, -0.1) is 0 Å². The first-order chi connectivity index (χ1) is 9.75. The molecular weight excluding hydrogens is 252 g/mol. The van der Waals surface area contributed by atoms with Gasteiger partial charge in [-0.1, -0.05) is 24.3 Å². The minimum absolute atomic E-state index is 0.188. The van der Waals surface area contributed by atoms with E-state index in [4.69, 9.17) is 0 Å². The largest absolute Gasteiger partial charge is 0.285 e. The maximum absolute atomic E-state index is 11.8. The van der Waals surface area contributed by atoms with Crippen LogP contribution in [-0.2, 0) is 4.79 Å². The SMILES string of the molecule is O=C1C=Cc2c(ncc3c2ncc2ccccc23)C1=O. The van der Waals surface area contributed by atoms with E-state index >= 15 is 0 Å². The van der Waals surface area contributed by atoms with Crippen molar-refractivity contribution in [2.75, 3.05) is 0 Å². The van der Waals surface area contributed by atoms with Crippen molar-refractivity contribution < 1.29 is 9.59 Å². The van der Waals surface area contributed by atoms with Crippen LogP contribution in [0.5, 0.6) is 0 Å². The Morgan fingerprint density at radius 1 is 0.850 bits per heavy atom. The number of ketones is 2. The Bertz CT molecular complexity index is 942. The summed E-state index contributed by atoms with van der Waals surface area (Å²) in [6.45, 7) is 0. The predicted molar refractivity (Wildman–Crippen MR) is 75.4 cm³/mol. The molecule has 0 unspecified atom stereocenters. The summed E-state index contributed by atoms with van der Waals surface area (Å²) in [4.78, 5) is 31.8. The van der Waals surface area contributed by atoms with Gasteiger partial charge in [-0.05, 0) is 17.5 Å². The summed E-state index contributed by atoms with van der Waals surface area (Å²) in [6.07, 6.45) is 6.29. The van der Waals surface area contributed by atoms with Gasteiger partial charge >= 0.3 is 0 Å². The fraction of sp³-hybridized carbons (Fsp3) is 0. The van der Waals surface area contributed by atoms with Gasteiger partial charge in [-0.3, -0.25) is 19.6 Å². The summed E-state index contributed by atoms with van der Waals surface area (Å²) in [5.74, 6) is -1.11. The van der Waals surface area contributed by atoms with Gasteiger partial charge in [-0.2, -0.15) is 0 Å². The molecule has 0 radical (unpaired) electrons. The molecular formula is C16H8N2O2. The molecule has 0 saturated heterocycles. The topological polar surface area (TPSA) is 59.9 Å². The highest BCUT2D eigenvalue weighted by Crippen LogP contribution is 2.28. The summed E-state index contributed by atoms with van der Waals surface area (Å²) in [5, 5.41) is 2.93. The molecule has 2 heterocycles. The smallest absolute Gasteiger partial charge is 0.251 e. The van der Waals surface area contributed by atoms with Gasteiger partial charge in [-0.25, -0.2) is 0 Å². The molecule has 0 atom stereocenters. The molecule has 0 amide bonds. The second-order valence-corrected chi connectivity index (χ2v) is 4.65. The van der Waals surface area contributed by atoms with Crippen LogP contribution in [-0.4, -0.2) is 21.5 Å². The molecule has 1 aliphatic carbocycles. The number of hydrogen-bond donors (Lipinski definition) is 0. The molecule has 94 valence electrons. The number of Topliss-reactive ketones (excluding diaryl/α,β-unsaturated/α-hetero) is 1. The Labute approximate surface area is 113 Å². The van der Waals surface area contributed by atoms with E-state index in [1.807, 2.05) is 24.3 Å². The summed E-state index contributed by atoms with van der Waals surface area (Å²) >= 11 is 0. The molecule has 4 heteroatoms. The van der Waals surface area contributed by atoms with Gasteiger partial charge < -0.3 is 0 Å². The lowest BCUT2D eigenvalue weighted by Crippen LogP contribution is -2.18. The molecule has 3 aromatic rings. The van der Waals surface area contributed by atoms with Crippen molar-refractivity contribution in [2.24, 2.45) is 0 Å². The van der Waals surface area contributed by atoms with Crippen LogP contribution in [0.2, 0.25) is 0 Å². The van der Waals surface area contributed by atoms with Gasteiger partial charge in [0.05, 0.1) is 5.52 Å². The number of benzene rings is 1. The number of pyridine rings is 2. The molecule has 1 aliphatic rings. The minimum atomic E-state index is -0.570. The number of nitrogens with zero attached hydrogens (tertiary/aromatic N) is 2. The monoisotopic (exact) mass is 260 g/mol. The fourth-order valence-corrected chi connectivity index (χ4v) is 2.53. The summed E-state index contributed by atoms with van der Waals surface area (Å²) < 4.78 is 0. The highest BCUT2D eigenvalue weighted by atomic mass is 16.2. The van der Waals surface area contributed by atoms with E-state index in [0.29, 0.717) is 11.1 Å². The molecule has 0 spiro atoms. The number of carbonyl (C=O) groups excluding carboxylic acids is 2. The van der Waals surface area contributed by atoms with Crippen molar-refractivity contribution in [3.8, 4) is 0 Å². The summed E-state index contributed by atoms with van der Waals surface area (Å²) in [6, 6.07) is 7.87. The van der Waals surface area contributed by atoms with Crippen molar-refractivity contribution in [3.05, 3.63) is 54.0 Å². The zero-order chi connectivity index (χ0) is 13.7. The number of fused-ring (bicyclic) bond motifs is 5. The molecule has 4 nitrogen and oxygen atoms in total. The van der Waals surface area contributed by atoms with E-state index in [0.717, 1.165) is 16.2 Å². The van der Waals surface area contributed by atoms with Crippen LogP contribution in [0.1, 0.15) is 16.1 Å². The molecule has 0 bridgehead atoms. The average molecular weight is 260 g/mol. The molecule has 4 rings (SSSR count). The number of hydrogen-bond acceptors (Lipinski definition) is 4. The number of allylic oxidation sites excluding steroid dienone is 1. The van der Waals surface area contributed by atoms with E-state index in [-0.39, 0.29) is 5.69 Å². The van der Waals surface area contributed by atoms with Crippen LogP contribution < -0.4 is 0 Å². The highest BCUT2D eigenvalue weighted by Gasteiger charge is 2.24. The zero-order valence-corrected chi connectivity index (χ0v) is 10.3. The molecule has 2 aromatic heterocycles. The fourth-order valence-electron chi connectivity index (χ4n) is 2.53. The second-order valence-electron chi connectivity index (χ2n) is 4.65. The first-order valence-corrected chi connectivity index (χ1v) is 6.19. The van der Waals surface area contributed by atoms with Gasteiger partial charge in [0.1, 0.15) is 5.69 Å². The van der Waals surface area contributed by atoms with Gasteiger partial charge in [0.2, 0.25) is 5.78 Å². The molecule has 20 heavy (non-hydrogen) atoms. The quantitative estimate of drug-likeness (QED) is 0.460. The Balaban J connectivity index is 2.18. The Kier molecular flexibility index (Phi) is 2.09. The van der Waals surface area contributed by atoms with E-state index < -0.39 is 11.6 Å². The Morgan fingerprint density at radius 3 is 2.60 bits per heavy atom. The van der Waals surface area contributed by atoms with Crippen LogP contribution in [0.3, 0.4) is 0 Å². The maximum atomic E-state index is 11.8. The average Bonchev–Trinajstić information content (AvgIpc) is 2.50. The Hall–Kier alpha value is -2.88. The molecule has 0 fully saturated rings. The zero-order valence-electron chi connectivity index (χ0n) is 10.3. The van der Waals surface area contributed by atoms with Crippen LogP contribution in [0.4, 0.5) is 0 Å². The number of aromatic nitrogens is 2. The third-order valence-electron chi connectivity index (χ3n) is 3.51. The van der Waals surface area contributed by atoms with Crippen LogP contribution in [0.15, 0.2) is 42.7 Å². The van der Waals surface area contributed by atoms with Crippen molar-refractivity contribution >= 4 is 39.3 Å². The molecule has 1 aromatic carbocycles. The summed E-state index contributed by atoms with van der Waals surface area (Å²) in [7, 11) is 0. The lowest BCUT2D eigenvalue weighted by atomic mass is 9.97. The maximum Gasteiger partial charge on any atom is 0.251 e. The second kappa shape index (κ2) is 3.81. The lowest BCUT2D eigenvalue weighted by molar-refractivity contribution is -0.111. The van der Waals surface area contributed by atoms with E-state index in [1.54, 1.807) is 18.5 Å². The van der Waals surface area contributed by atoms with Gasteiger partial charge in [0, 0.05) is 28.7 Å². The van der Waals surface area contributed by atoms with E-state index in [2.05, 4.69) is 9.97 Å². The van der Waals surface area contributed by atoms with E-state index in [9.17, 15) is 9.59 Å². The Morgan fingerprint density at radius 2 is 1.70 bits per heavy atom. The minimum Gasteiger partial charge on any atom is -0.285 e. The lowest BCUT2D eigenvalue weighted by Gasteiger charge is -2.11.